The van der Waals surface area contributed by atoms with E-state index in [0.29, 0.717) is 11.0 Å². The summed E-state index contributed by atoms with van der Waals surface area (Å²) in [7, 11) is 1.19. The van der Waals surface area contributed by atoms with Crippen molar-refractivity contribution in [3.8, 4) is 0 Å². The number of quaternary nitrogens is 1. The second-order valence-corrected chi connectivity index (χ2v) is 12.5. The average Bonchev–Trinajstić information content (AvgIpc) is 2.82. The number of esters is 1. The van der Waals surface area contributed by atoms with Crippen LogP contribution in [0.15, 0.2) is 0 Å². The van der Waals surface area contributed by atoms with Crippen LogP contribution < -0.4 is 4.89 Å². The van der Waals surface area contributed by atoms with Crippen LogP contribution in [0.4, 0.5) is 0 Å². The fourth-order valence-electron chi connectivity index (χ4n) is 3.82. The SMILES string of the molecule is CCCCCCCCCCCCCCCCCCC(=O)OC[C@H](COP(=O)([O-])OCC[N+](C)(C)C)OO. The second-order valence-electron chi connectivity index (χ2n) is 11.1. The molecule has 0 aliphatic heterocycles. The van der Waals surface area contributed by atoms with Crippen molar-refractivity contribution >= 4 is 13.8 Å². The predicted octanol–water partition coefficient (Wildman–Crippen LogP) is 6.25. The molecule has 0 heterocycles. The Labute approximate surface area is 226 Å². The summed E-state index contributed by atoms with van der Waals surface area (Å²) in [6, 6.07) is 0. The fourth-order valence-corrected chi connectivity index (χ4v) is 4.55. The second kappa shape index (κ2) is 23.4. The molecule has 0 aromatic carbocycles. The van der Waals surface area contributed by atoms with E-state index in [0.717, 1.165) is 19.3 Å². The standard InChI is InChI=1S/C27H56NO8P/c1-5-6-7-8-9-10-11-12-13-14-15-16-17-18-19-20-21-27(29)33-24-26(36-30)25-35-37(31,32)34-23-22-28(2,3)4/h26H,5-25H2,1-4H3,(H-,30,31,32)/t26-/m1/s1. The fraction of sp³-hybridized carbons (Fsp3) is 0.963. The Kier molecular flexibility index (Phi) is 23.0. The minimum absolute atomic E-state index is 0.0246. The first-order chi connectivity index (χ1) is 17.6. The van der Waals surface area contributed by atoms with Gasteiger partial charge in [0.2, 0.25) is 0 Å². The van der Waals surface area contributed by atoms with E-state index in [1.165, 1.54) is 83.5 Å². The highest BCUT2D eigenvalue weighted by Gasteiger charge is 2.19. The molecule has 10 heteroatoms. The molecule has 0 fully saturated rings. The van der Waals surface area contributed by atoms with Crippen LogP contribution in [0.3, 0.4) is 0 Å². The lowest BCUT2D eigenvalue weighted by atomic mass is 10.0. The molecule has 222 valence electrons. The summed E-state index contributed by atoms with van der Waals surface area (Å²) in [4.78, 5) is 27.9. The normalized spacial score (nSPS) is 14.4. The number of phosphoric ester groups is 1. The summed E-state index contributed by atoms with van der Waals surface area (Å²) < 4.78 is 26.9. The molecule has 0 bridgehead atoms. The highest BCUT2D eigenvalue weighted by Crippen LogP contribution is 2.38. The Morgan fingerprint density at radius 1 is 0.784 bits per heavy atom. The maximum absolute atomic E-state index is 11.9. The number of carbonyl (C=O) groups is 1. The first kappa shape index (κ1) is 36.5. The molecule has 0 saturated heterocycles. The predicted molar refractivity (Wildman–Crippen MR) is 145 cm³/mol. The van der Waals surface area contributed by atoms with Gasteiger partial charge in [0.05, 0.1) is 27.7 Å². The number of hydrogen-bond acceptors (Lipinski definition) is 8. The molecule has 0 aliphatic rings. The van der Waals surface area contributed by atoms with E-state index < -0.39 is 26.5 Å². The molecule has 0 rings (SSSR count). The molecule has 0 aromatic heterocycles. The quantitative estimate of drug-likeness (QED) is 0.0317. The van der Waals surface area contributed by atoms with Crippen molar-refractivity contribution in [3.63, 3.8) is 0 Å². The van der Waals surface area contributed by atoms with E-state index in [1.807, 2.05) is 21.1 Å². The van der Waals surface area contributed by atoms with Crippen LogP contribution in [0.1, 0.15) is 116 Å². The van der Waals surface area contributed by atoms with E-state index >= 15 is 0 Å². The zero-order chi connectivity index (χ0) is 27.8. The number of likely N-dealkylation sites (N-methyl/N-ethyl adjacent to an activating group) is 1. The smallest absolute Gasteiger partial charge is 0.305 e. The third-order valence-corrected chi connectivity index (χ3v) is 7.21. The minimum atomic E-state index is -4.53. The van der Waals surface area contributed by atoms with Crippen molar-refractivity contribution in [2.24, 2.45) is 0 Å². The molecule has 1 unspecified atom stereocenters. The number of rotatable bonds is 27. The maximum atomic E-state index is 11.9. The van der Waals surface area contributed by atoms with Gasteiger partial charge in [0.15, 0.2) is 6.10 Å². The van der Waals surface area contributed by atoms with Crippen molar-refractivity contribution in [2.75, 3.05) is 47.5 Å². The van der Waals surface area contributed by atoms with Gasteiger partial charge in [-0.2, -0.15) is 0 Å². The molecule has 2 atom stereocenters. The molecule has 0 aromatic rings. The first-order valence-corrected chi connectivity index (χ1v) is 15.9. The summed E-state index contributed by atoms with van der Waals surface area (Å²) in [6.07, 6.45) is 19.4. The van der Waals surface area contributed by atoms with Crippen LogP contribution in [-0.4, -0.2) is 69.3 Å². The Balaban J connectivity index is 3.62. The summed E-state index contributed by atoms with van der Waals surface area (Å²) in [5.74, 6) is -0.406. The molecule has 37 heavy (non-hydrogen) atoms. The van der Waals surface area contributed by atoms with E-state index in [-0.39, 0.29) is 19.6 Å². The lowest BCUT2D eigenvalue weighted by Gasteiger charge is -2.27. The summed E-state index contributed by atoms with van der Waals surface area (Å²) in [5, 5.41) is 8.94. The van der Waals surface area contributed by atoms with Gasteiger partial charge < -0.3 is 23.2 Å². The van der Waals surface area contributed by atoms with E-state index in [4.69, 9.17) is 19.0 Å². The number of carbonyl (C=O) groups excluding carboxylic acids is 1. The molecule has 0 spiro atoms. The Morgan fingerprint density at radius 2 is 1.24 bits per heavy atom. The average molecular weight is 554 g/mol. The Hall–Kier alpha value is -0.540. The van der Waals surface area contributed by atoms with Crippen LogP contribution in [0.2, 0.25) is 0 Å². The molecule has 0 radical (unpaired) electrons. The van der Waals surface area contributed by atoms with Crippen LogP contribution in [0.25, 0.3) is 0 Å². The monoisotopic (exact) mass is 553 g/mol. The number of phosphoric acid groups is 1. The van der Waals surface area contributed by atoms with Crippen molar-refractivity contribution in [1.82, 2.24) is 0 Å². The number of ether oxygens (including phenoxy) is 1. The van der Waals surface area contributed by atoms with Gasteiger partial charge in [0.25, 0.3) is 7.82 Å². The zero-order valence-electron chi connectivity index (χ0n) is 24.1. The van der Waals surface area contributed by atoms with E-state index in [1.54, 1.807) is 0 Å². The summed E-state index contributed by atoms with van der Waals surface area (Å²) in [5.41, 5.74) is 0. The third kappa shape index (κ3) is 26.8. The van der Waals surface area contributed by atoms with Gasteiger partial charge in [-0.25, -0.2) is 4.89 Å². The number of hydrogen-bond donors (Lipinski definition) is 1. The van der Waals surface area contributed by atoms with Gasteiger partial charge in [0, 0.05) is 6.42 Å². The first-order valence-electron chi connectivity index (χ1n) is 14.5. The minimum Gasteiger partial charge on any atom is -0.756 e. The van der Waals surface area contributed by atoms with Crippen LogP contribution in [0.5, 0.6) is 0 Å². The van der Waals surface area contributed by atoms with Crippen molar-refractivity contribution in [3.05, 3.63) is 0 Å². The largest absolute Gasteiger partial charge is 0.756 e. The van der Waals surface area contributed by atoms with Gasteiger partial charge in [-0.05, 0) is 6.42 Å². The number of unbranched alkanes of at least 4 members (excludes halogenated alkanes) is 15. The molecule has 9 nitrogen and oxygen atoms in total. The van der Waals surface area contributed by atoms with Gasteiger partial charge in [0.1, 0.15) is 19.8 Å². The van der Waals surface area contributed by atoms with Crippen molar-refractivity contribution < 1.29 is 42.7 Å². The molecular weight excluding hydrogens is 497 g/mol. The molecule has 1 N–H and O–H groups in total. The third-order valence-electron chi connectivity index (χ3n) is 6.24. The highest BCUT2D eigenvalue weighted by molar-refractivity contribution is 7.45. The molecule has 0 aliphatic carbocycles. The van der Waals surface area contributed by atoms with E-state index in [9.17, 15) is 14.3 Å². The van der Waals surface area contributed by atoms with Gasteiger partial charge >= 0.3 is 5.97 Å². The molecular formula is C27H56NO8P. The van der Waals surface area contributed by atoms with E-state index in [2.05, 4.69) is 11.8 Å². The van der Waals surface area contributed by atoms with Crippen LogP contribution >= 0.6 is 7.82 Å². The lowest BCUT2D eigenvalue weighted by Crippen LogP contribution is -2.37. The zero-order valence-corrected chi connectivity index (χ0v) is 25.0. The van der Waals surface area contributed by atoms with Crippen molar-refractivity contribution in [1.29, 1.82) is 0 Å². The van der Waals surface area contributed by atoms with Crippen molar-refractivity contribution in [2.45, 2.75) is 122 Å². The van der Waals surface area contributed by atoms with Crippen LogP contribution in [-0.2, 0) is 28.0 Å². The van der Waals surface area contributed by atoms with Gasteiger partial charge in [-0.3, -0.25) is 14.6 Å². The molecule has 0 amide bonds. The summed E-state index contributed by atoms with van der Waals surface area (Å²) >= 11 is 0. The number of nitrogens with zero attached hydrogens (tertiary/aromatic N) is 1. The molecule has 0 saturated carbocycles. The van der Waals surface area contributed by atoms with Gasteiger partial charge in [-0.15, -0.1) is 0 Å². The maximum Gasteiger partial charge on any atom is 0.305 e. The summed E-state index contributed by atoms with van der Waals surface area (Å²) in [6.45, 7) is 1.91. The van der Waals surface area contributed by atoms with Crippen LogP contribution in [0, 0.1) is 0 Å². The highest BCUT2D eigenvalue weighted by atomic mass is 31.2. The lowest BCUT2D eigenvalue weighted by molar-refractivity contribution is -0.870. The Morgan fingerprint density at radius 3 is 1.68 bits per heavy atom. The Bertz CT molecular complexity index is 585. The van der Waals surface area contributed by atoms with Gasteiger partial charge in [-0.1, -0.05) is 103 Å². The topological polar surface area (TPSA) is 114 Å².